The molecular weight excluding hydrogens is 311 g/mol. The van der Waals surface area contributed by atoms with Gasteiger partial charge in [0.15, 0.2) is 0 Å². The highest BCUT2D eigenvalue weighted by atomic mass is 19.1. The number of likely N-dealkylation sites (N-methyl/N-ethyl adjacent to an activating group) is 1. The summed E-state index contributed by atoms with van der Waals surface area (Å²) >= 11 is 0. The minimum atomic E-state index is -0.794. The highest BCUT2D eigenvalue weighted by Crippen LogP contribution is 2.09. The number of nitrogens with zero attached hydrogens (tertiary/aromatic N) is 1. The Morgan fingerprint density at radius 3 is 2.54 bits per heavy atom. The number of aliphatic hydroxyl groups excluding tert-OH is 1. The standard InChI is InChI=1S/C18H21FN2O3/c1-21(18(23)20-16-9-7-15(19)8-10-16)11-17(22)13-24-12-14-5-3-2-4-6-14/h2-10,17,22H,11-13H2,1H3,(H,20,23)/t17-/m1/s1. The van der Waals surface area contributed by atoms with E-state index in [1.54, 1.807) is 7.05 Å². The van der Waals surface area contributed by atoms with E-state index in [9.17, 15) is 14.3 Å². The maximum atomic E-state index is 12.8. The van der Waals surface area contributed by atoms with Crippen LogP contribution in [-0.2, 0) is 11.3 Å². The number of carbonyl (C=O) groups is 1. The Bertz CT molecular complexity index is 634. The van der Waals surface area contributed by atoms with E-state index in [1.165, 1.54) is 29.2 Å². The van der Waals surface area contributed by atoms with Gasteiger partial charge in [0, 0.05) is 12.7 Å². The first kappa shape index (κ1) is 17.9. The van der Waals surface area contributed by atoms with Gasteiger partial charge in [-0.05, 0) is 29.8 Å². The summed E-state index contributed by atoms with van der Waals surface area (Å²) < 4.78 is 18.3. The molecule has 2 N–H and O–H groups in total. The molecule has 5 nitrogen and oxygen atoms in total. The molecule has 0 saturated carbocycles. The van der Waals surface area contributed by atoms with Crippen molar-refractivity contribution in [2.24, 2.45) is 0 Å². The Hall–Kier alpha value is -2.44. The zero-order chi connectivity index (χ0) is 17.4. The number of halogens is 1. The maximum Gasteiger partial charge on any atom is 0.321 e. The van der Waals surface area contributed by atoms with Gasteiger partial charge in [0.1, 0.15) is 5.82 Å². The van der Waals surface area contributed by atoms with Crippen LogP contribution in [0.4, 0.5) is 14.9 Å². The summed E-state index contributed by atoms with van der Waals surface area (Å²) in [5.74, 6) is -0.368. The SMILES string of the molecule is CN(C[C@@H](O)COCc1ccccc1)C(=O)Nc1ccc(F)cc1. The molecule has 0 spiro atoms. The van der Waals surface area contributed by atoms with Crippen LogP contribution in [0.1, 0.15) is 5.56 Å². The number of hydrogen-bond donors (Lipinski definition) is 2. The van der Waals surface area contributed by atoms with Gasteiger partial charge in [-0.2, -0.15) is 0 Å². The quantitative estimate of drug-likeness (QED) is 0.819. The van der Waals surface area contributed by atoms with Crippen LogP contribution >= 0.6 is 0 Å². The Morgan fingerprint density at radius 2 is 1.88 bits per heavy atom. The van der Waals surface area contributed by atoms with Gasteiger partial charge in [-0.25, -0.2) is 9.18 Å². The third-order valence-electron chi connectivity index (χ3n) is 3.35. The van der Waals surface area contributed by atoms with Crippen molar-refractivity contribution in [1.29, 1.82) is 0 Å². The number of nitrogens with one attached hydrogen (secondary N) is 1. The Balaban J connectivity index is 1.71. The van der Waals surface area contributed by atoms with Crippen LogP contribution in [-0.4, -0.2) is 42.3 Å². The fourth-order valence-corrected chi connectivity index (χ4v) is 2.09. The predicted molar refractivity (Wildman–Crippen MR) is 90.2 cm³/mol. The summed E-state index contributed by atoms with van der Waals surface area (Å²) in [7, 11) is 1.57. The second kappa shape index (κ2) is 9.00. The molecule has 0 aliphatic carbocycles. The number of aliphatic hydroxyl groups is 1. The van der Waals surface area contributed by atoms with Crippen molar-refractivity contribution in [3.63, 3.8) is 0 Å². The largest absolute Gasteiger partial charge is 0.389 e. The first-order chi connectivity index (χ1) is 11.5. The minimum Gasteiger partial charge on any atom is -0.389 e. The van der Waals surface area contributed by atoms with Crippen molar-refractivity contribution in [2.45, 2.75) is 12.7 Å². The fourth-order valence-electron chi connectivity index (χ4n) is 2.09. The van der Waals surface area contributed by atoms with Gasteiger partial charge in [-0.15, -0.1) is 0 Å². The van der Waals surface area contributed by atoms with Crippen LogP contribution < -0.4 is 5.32 Å². The van der Waals surface area contributed by atoms with Crippen molar-refractivity contribution < 1.29 is 19.0 Å². The average Bonchev–Trinajstić information content (AvgIpc) is 2.58. The molecule has 128 valence electrons. The van der Waals surface area contributed by atoms with E-state index >= 15 is 0 Å². The van der Waals surface area contributed by atoms with Gasteiger partial charge in [0.05, 0.1) is 25.9 Å². The number of anilines is 1. The highest BCUT2D eigenvalue weighted by Gasteiger charge is 2.14. The average molecular weight is 332 g/mol. The van der Waals surface area contributed by atoms with E-state index in [4.69, 9.17) is 4.74 Å². The summed E-state index contributed by atoms with van der Waals surface area (Å²) in [6, 6.07) is 14.7. The van der Waals surface area contributed by atoms with Gasteiger partial charge in [0.2, 0.25) is 0 Å². The Kier molecular flexibility index (Phi) is 6.72. The third-order valence-corrected chi connectivity index (χ3v) is 3.35. The summed E-state index contributed by atoms with van der Waals surface area (Å²) in [5.41, 5.74) is 1.51. The minimum absolute atomic E-state index is 0.127. The molecule has 0 aromatic heterocycles. The lowest BCUT2D eigenvalue weighted by atomic mass is 10.2. The van der Waals surface area contributed by atoms with E-state index in [0.29, 0.717) is 12.3 Å². The van der Waals surface area contributed by atoms with E-state index in [0.717, 1.165) is 5.56 Å². The number of amides is 2. The predicted octanol–water partition coefficient (Wildman–Crippen LogP) is 2.87. The zero-order valence-corrected chi connectivity index (χ0v) is 13.5. The van der Waals surface area contributed by atoms with Gasteiger partial charge in [-0.1, -0.05) is 30.3 Å². The summed E-state index contributed by atoms with van der Waals surface area (Å²) in [6.45, 7) is 0.661. The van der Waals surface area contributed by atoms with E-state index < -0.39 is 6.10 Å². The molecule has 0 aliphatic heterocycles. The number of rotatable bonds is 7. The molecule has 2 aromatic carbocycles. The van der Waals surface area contributed by atoms with Crippen LogP contribution in [0, 0.1) is 5.82 Å². The van der Waals surface area contributed by atoms with Crippen molar-refractivity contribution in [3.8, 4) is 0 Å². The van der Waals surface area contributed by atoms with Crippen molar-refractivity contribution in [3.05, 3.63) is 66.0 Å². The Labute approximate surface area is 140 Å². The molecular formula is C18H21FN2O3. The van der Waals surface area contributed by atoms with Crippen molar-refractivity contribution >= 4 is 11.7 Å². The van der Waals surface area contributed by atoms with Gasteiger partial charge < -0.3 is 20.1 Å². The molecule has 24 heavy (non-hydrogen) atoms. The molecule has 2 aromatic rings. The molecule has 2 amide bonds. The van der Waals surface area contributed by atoms with Crippen LogP contribution in [0.2, 0.25) is 0 Å². The normalized spacial score (nSPS) is 11.8. The smallest absolute Gasteiger partial charge is 0.321 e. The molecule has 6 heteroatoms. The molecule has 0 saturated heterocycles. The topological polar surface area (TPSA) is 61.8 Å². The maximum absolute atomic E-state index is 12.8. The Morgan fingerprint density at radius 1 is 1.21 bits per heavy atom. The number of urea groups is 1. The van der Waals surface area contributed by atoms with Gasteiger partial charge in [-0.3, -0.25) is 0 Å². The molecule has 0 bridgehead atoms. The fraction of sp³-hybridized carbons (Fsp3) is 0.278. The van der Waals surface area contributed by atoms with Gasteiger partial charge >= 0.3 is 6.03 Å². The zero-order valence-electron chi connectivity index (χ0n) is 13.5. The van der Waals surface area contributed by atoms with Crippen LogP contribution in [0.3, 0.4) is 0 Å². The number of hydrogen-bond acceptors (Lipinski definition) is 3. The first-order valence-corrected chi connectivity index (χ1v) is 7.62. The molecule has 0 radical (unpaired) electrons. The molecule has 0 aliphatic rings. The highest BCUT2D eigenvalue weighted by molar-refractivity contribution is 5.89. The van der Waals surface area contributed by atoms with Gasteiger partial charge in [0.25, 0.3) is 0 Å². The first-order valence-electron chi connectivity index (χ1n) is 7.62. The number of benzene rings is 2. The van der Waals surface area contributed by atoms with E-state index in [1.807, 2.05) is 30.3 Å². The molecule has 2 rings (SSSR count). The second-order valence-corrected chi connectivity index (χ2v) is 5.47. The second-order valence-electron chi connectivity index (χ2n) is 5.47. The number of ether oxygens (including phenoxy) is 1. The lowest BCUT2D eigenvalue weighted by Crippen LogP contribution is -2.38. The lowest BCUT2D eigenvalue weighted by Gasteiger charge is -2.21. The third kappa shape index (κ3) is 5.98. The van der Waals surface area contributed by atoms with Crippen molar-refractivity contribution in [2.75, 3.05) is 25.5 Å². The molecule has 1 atom stereocenters. The van der Waals surface area contributed by atoms with Crippen LogP contribution in [0.25, 0.3) is 0 Å². The molecule has 0 heterocycles. The van der Waals surface area contributed by atoms with Crippen LogP contribution in [0.15, 0.2) is 54.6 Å². The number of carbonyl (C=O) groups excluding carboxylic acids is 1. The summed E-state index contributed by atoms with van der Waals surface area (Å²) in [4.78, 5) is 13.3. The van der Waals surface area contributed by atoms with Crippen molar-refractivity contribution in [1.82, 2.24) is 4.90 Å². The van der Waals surface area contributed by atoms with Crippen LogP contribution in [0.5, 0.6) is 0 Å². The summed E-state index contributed by atoms with van der Waals surface area (Å²) in [6.07, 6.45) is -0.794. The summed E-state index contributed by atoms with van der Waals surface area (Å²) in [5, 5.41) is 12.6. The molecule has 0 fully saturated rings. The monoisotopic (exact) mass is 332 g/mol. The molecule has 0 unspecified atom stereocenters. The van der Waals surface area contributed by atoms with E-state index in [2.05, 4.69) is 5.32 Å². The lowest BCUT2D eigenvalue weighted by molar-refractivity contribution is 0.0188. The van der Waals surface area contributed by atoms with E-state index in [-0.39, 0.29) is 25.0 Å².